The zero-order chi connectivity index (χ0) is 11.2. The van der Waals surface area contributed by atoms with Gasteiger partial charge in [-0.05, 0) is 31.1 Å². The van der Waals surface area contributed by atoms with Gasteiger partial charge < -0.3 is 5.11 Å². The second-order valence-electron chi connectivity index (χ2n) is 5.78. The molecule has 1 aliphatic heterocycles. The van der Waals surface area contributed by atoms with Gasteiger partial charge in [-0.25, -0.2) is 0 Å². The van der Waals surface area contributed by atoms with Crippen molar-refractivity contribution in [1.29, 1.82) is 0 Å². The molecule has 2 fully saturated rings. The summed E-state index contributed by atoms with van der Waals surface area (Å²) in [5.41, 5.74) is 0.297. The number of carboxylic acid groups (broad SMARTS) is 1. The quantitative estimate of drug-likeness (QED) is 0.759. The highest BCUT2D eigenvalue weighted by Gasteiger charge is 2.50. The van der Waals surface area contributed by atoms with Gasteiger partial charge in [-0.3, -0.25) is 9.69 Å². The van der Waals surface area contributed by atoms with Crippen LogP contribution in [0, 0.1) is 11.3 Å². The Labute approximate surface area is 91.5 Å². The van der Waals surface area contributed by atoms with Gasteiger partial charge in [-0.2, -0.15) is 0 Å². The Bertz CT molecular complexity index is 275. The van der Waals surface area contributed by atoms with Crippen LogP contribution in [-0.4, -0.2) is 34.6 Å². The molecule has 0 radical (unpaired) electrons. The van der Waals surface area contributed by atoms with E-state index in [1.165, 1.54) is 19.3 Å². The first-order chi connectivity index (χ1) is 6.93. The van der Waals surface area contributed by atoms with E-state index in [1.807, 2.05) is 6.92 Å². The average Bonchev–Trinajstić information content (AvgIpc) is 2.68. The summed E-state index contributed by atoms with van der Waals surface area (Å²) in [5.74, 6) is 0.0256. The molecule has 3 nitrogen and oxygen atoms in total. The fraction of sp³-hybridized carbons (Fsp3) is 0.917. The van der Waals surface area contributed by atoms with Crippen LogP contribution in [0.1, 0.15) is 40.0 Å². The fourth-order valence-electron chi connectivity index (χ4n) is 3.52. The van der Waals surface area contributed by atoms with Gasteiger partial charge in [0.05, 0.1) is 0 Å². The molecule has 3 atom stereocenters. The lowest BCUT2D eigenvalue weighted by Crippen LogP contribution is -2.42. The molecule has 0 amide bonds. The van der Waals surface area contributed by atoms with Gasteiger partial charge in [0.15, 0.2) is 0 Å². The number of fused-ring (bicyclic) bond motifs is 1. The highest BCUT2D eigenvalue weighted by Crippen LogP contribution is 2.49. The van der Waals surface area contributed by atoms with Crippen LogP contribution in [0.2, 0.25) is 0 Å². The number of hydrogen-bond acceptors (Lipinski definition) is 2. The molecule has 1 saturated carbocycles. The standard InChI is InChI=1S/C12H21NO2/c1-8(11(14)15)13-7-12(2,3)9-5-4-6-10(9)13/h8-10H,4-7H2,1-3H3,(H,14,15). The summed E-state index contributed by atoms with van der Waals surface area (Å²) in [5, 5.41) is 9.09. The molecule has 0 aromatic carbocycles. The first-order valence-electron chi connectivity index (χ1n) is 5.92. The normalized spacial score (nSPS) is 36.5. The van der Waals surface area contributed by atoms with Crippen molar-refractivity contribution in [2.45, 2.75) is 52.1 Å². The van der Waals surface area contributed by atoms with Crippen LogP contribution in [0.5, 0.6) is 0 Å². The van der Waals surface area contributed by atoms with Crippen molar-refractivity contribution in [3.8, 4) is 0 Å². The predicted molar refractivity (Wildman–Crippen MR) is 58.7 cm³/mol. The summed E-state index contributed by atoms with van der Waals surface area (Å²) in [6, 6.07) is 0.198. The molecule has 1 aliphatic carbocycles. The Morgan fingerprint density at radius 1 is 1.47 bits per heavy atom. The van der Waals surface area contributed by atoms with Crippen LogP contribution in [0.15, 0.2) is 0 Å². The number of carboxylic acids is 1. The Hall–Kier alpha value is -0.570. The van der Waals surface area contributed by atoms with Crippen LogP contribution in [-0.2, 0) is 4.79 Å². The Balaban J connectivity index is 2.18. The van der Waals surface area contributed by atoms with E-state index in [9.17, 15) is 4.79 Å². The van der Waals surface area contributed by atoms with Crippen molar-refractivity contribution in [3.63, 3.8) is 0 Å². The summed E-state index contributed by atoms with van der Waals surface area (Å²) in [6.07, 6.45) is 3.73. The molecule has 2 rings (SSSR count). The molecule has 0 spiro atoms. The maximum atomic E-state index is 11.0. The molecule has 1 heterocycles. The maximum Gasteiger partial charge on any atom is 0.320 e. The SMILES string of the molecule is CC(C(=O)O)N1CC(C)(C)C2CCCC21. The van der Waals surface area contributed by atoms with Crippen molar-refractivity contribution < 1.29 is 9.90 Å². The summed E-state index contributed by atoms with van der Waals surface area (Å²) < 4.78 is 0. The minimum Gasteiger partial charge on any atom is -0.480 e. The third-order valence-electron chi connectivity index (χ3n) is 4.35. The molecule has 0 aromatic rings. The van der Waals surface area contributed by atoms with Crippen LogP contribution >= 0.6 is 0 Å². The number of aliphatic carboxylic acids is 1. The topological polar surface area (TPSA) is 40.5 Å². The summed E-state index contributed by atoms with van der Waals surface area (Å²) in [7, 11) is 0. The van der Waals surface area contributed by atoms with E-state index in [2.05, 4.69) is 18.7 Å². The third-order valence-corrected chi connectivity index (χ3v) is 4.35. The van der Waals surface area contributed by atoms with Gasteiger partial charge in [0.25, 0.3) is 0 Å². The van der Waals surface area contributed by atoms with Gasteiger partial charge in [0.2, 0.25) is 0 Å². The second kappa shape index (κ2) is 3.48. The van der Waals surface area contributed by atoms with Crippen molar-refractivity contribution in [1.82, 2.24) is 4.90 Å². The molecule has 3 unspecified atom stereocenters. The van der Waals surface area contributed by atoms with E-state index in [-0.39, 0.29) is 6.04 Å². The monoisotopic (exact) mass is 211 g/mol. The molecule has 0 bridgehead atoms. The number of likely N-dealkylation sites (tertiary alicyclic amines) is 1. The van der Waals surface area contributed by atoms with Crippen LogP contribution in [0.4, 0.5) is 0 Å². The minimum atomic E-state index is -0.682. The number of rotatable bonds is 2. The molecular formula is C12H21NO2. The highest BCUT2D eigenvalue weighted by atomic mass is 16.4. The first-order valence-corrected chi connectivity index (χ1v) is 5.92. The smallest absolute Gasteiger partial charge is 0.320 e. The predicted octanol–water partition coefficient (Wildman–Crippen LogP) is 1.97. The highest BCUT2D eigenvalue weighted by molar-refractivity contribution is 5.73. The van der Waals surface area contributed by atoms with E-state index in [0.29, 0.717) is 17.4 Å². The zero-order valence-electron chi connectivity index (χ0n) is 9.86. The fourth-order valence-corrected chi connectivity index (χ4v) is 3.52. The van der Waals surface area contributed by atoms with E-state index in [4.69, 9.17) is 5.11 Å². The lowest BCUT2D eigenvalue weighted by Gasteiger charge is -2.27. The summed E-state index contributed by atoms with van der Waals surface area (Å²) in [6.45, 7) is 7.32. The molecule has 86 valence electrons. The van der Waals surface area contributed by atoms with Crippen LogP contribution in [0.3, 0.4) is 0 Å². The molecule has 15 heavy (non-hydrogen) atoms. The van der Waals surface area contributed by atoms with Gasteiger partial charge in [-0.1, -0.05) is 20.3 Å². The summed E-state index contributed by atoms with van der Waals surface area (Å²) >= 11 is 0. The molecule has 1 saturated heterocycles. The van der Waals surface area contributed by atoms with E-state index >= 15 is 0 Å². The number of nitrogens with zero attached hydrogens (tertiary/aromatic N) is 1. The largest absolute Gasteiger partial charge is 0.480 e. The zero-order valence-corrected chi connectivity index (χ0v) is 9.86. The summed E-state index contributed by atoms with van der Waals surface area (Å²) in [4.78, 5) is 13.3. The Kier molecular flexibility index (Phi) is 2.53. The molecule has 2 aliphatic rings. The van der Waals surface area contributed by atoms with Crippen molar-refractivity contribution in [2.75, 3.05) is 6.54 Å². The van der Waals surface area contributed by atoms with E-state index < -0.39 is 5.97 Å². The average molecular weight is 211 g/mol. The van der Waals surface area contributed by atoms with E-state index in [1.54, 1.807) is 0 Å². The minimum absolute atomic E-state index is 0.297. The van der Waals surface area contributed by atoms with Crippen LogP contribution < -0.4 is 0 Å². The van der Waals surface area contributed by atoms with Crippen molar-refractivity contribution in [2.24, 2.45) is 11.3 Å². The lowest BCUT2D eigenvalue weighted by molar-refractivity contribution is -0.143. The number of carbonyl (C=O) groups is 1. The Morgan fingerprint density at radius 3 is 2.73 bits per heavy atom. The third kappa shape index (κ3) is 1.67. The second-order valence-corrected chi connectivity index (χ2v) is 5.78. The van der Waals surface area contributed by atoms with Crippen molar-refractivity contribution in [3.05, 3.63) is 0 Å². The molecule has 0 aromatic heterocycles. The van der Waals surface area contributed by atoms with Gasteiger partial charge in [0.1, 0.15) is 6.04 Å². The number of hydrogen-bond donors (Lipinski definition) is 1. The molecule has 3 heteroatoms. The van der Waals surface area contributed by atoms with Gasteiger partial charge in [0, 0.05) is 12.6 Å². The Morgan fingerprint density at radius 2 is 2.13 bits per heavy atom. The lowest BCUT2D eigenvalue weighted by atomic mass is 9.80. The molecule has 1 N–H and O–H groups in total. The van der Waals surface area contributed by atoms with Gasteiger partial charge in [-0.15, -0.1) is 0 Å². The van der Waals surface area contributed by atoms with E-state index in [0.717, 1.165) is 6.54 Å². The molecular weight excluding hydrogens is 190 g/mol. The van der Waals surface area contributed by atoms with Crippen LogP contribution in [0.25, 0.3) is 0 Å². The van der Waals surface area contributed by atoms with Crippen molar-refractivity contribution >= 4 is 5.97 Å². The van der Waals surface area contributed by atoms with Gasteiger partial charge >= 0.3 is 5.97 Å². The maximum absolute atomic E-state index is 11.0. The first kappa shape index (κ1) is 10.9.